The zero-order valence-electron chi connectivity index (χ0n) is 10.7. The molecule has 0 aliphatic rings. The van der Waals surface area contributed by atoms with Crippen LogP contribution in [-0.2, 0) is 4.79 Å². The first kappa shape index (κ1) is 14.2. The fraction of sp³-hybridized carbons (Fsp3) is 0.462. The number of nitrogens with two attached hydrogens (primary N) is 1. The fourth-order valence-electron chi connectivity index (χ4n) is 1.33. The summed E-state index contributed by atoms with van der Waals surface area (Å²) in [4.78, 5) is 12.0. The lowest BCUT2D eigenvalue weighted by atomic mass is 9.87. The van der Waals surface area contributed by atoms with Crippen LogP contribution in [0.15, 0.2) is 22.7 Å². The van der Waals surface area contributed by atoms with Crippen LogP contribution in [0.25, 0.3) is 0 Å². The van der Waals surface area contributed by atoms with E-state index in [1.165, 1.54) is 0 Å². The average Bonchev–Trinajstić information content (AvgIpc) is 2.21. The Morgan fingerprint density at radius 1 is 1.41 bits per heavy atom. The van der Waals surface area contributed by atoms with Crippen molar-refractivity contribution in [3.63, 3.8) is 0 Å². The van der Waals surface area contributed by atoms with Gasteiger partial charge >= 0.3 is 0 Å². The molecule has 17 heavy (non-hydrogen) atoms. The molecule has 0 unspecified atom stereocenters. The molecule has 0 saturated heterocycles. The minimum absolute atomic E-state index is 0.154. The Hall–Kier alpha value is -0.870. The first-order valence-electron chi connectivity index (χ1n) is 5.54. The monoisotopic (exact) mass is 298 g/mol. The molecule has 1 aromatic carbocycles. The maximum Gasteiger partial charge on any atom is 0.241 e. The Morgan fingerprint density at radius 3 is 2.53 bits per heavy atom. The number of rotatable bonds is 2. The van der Waals surface area contributed by atoms with Gasteiger partial charge in [-0.2, -0.15) is 0 Å². The molecule has 0 spiro atoms. The number of halogens is 1. The quantitative estimate of drug-likeness (QED) is 0.881. The van der Waals surface area contributed by atoms with Gasteiger partial charge in [0.25, 0.3) is 0 Å². The summed E-state index contributed by atoms with van der Waals surface area (Å²) in [5.74, 6) is -0.154. The second kappa shape index (κ2) is 5.19. The summed E-state index contributed by atoms with van der Waals surface area (Å²) in [6.07, 6.45) is 0. The Morgan fingerprint density at radius 2 is 2.00 bits per heavy atom. The summed E-state index contributed by atoms with van der Waals surface area (Å²) in [5.41, 5.74) is 7.47. The highest BCUT2D eigenvalue weighted by molar-refractivity contribution is 9.10. The lowest BCUT2D eigenvalue weighted by Crippen LogP contribution is -2.45. The summed E-state index contributed by atoms with van der Waals surface area (Å²) in [7, 11) is 0. The Kier molecular flexibility index (Phi) is 4.33. The molecule has 3 N–H and O–H groups in total. The zero-order chi connectivity index (χ0) is 13.2. The molecule has 0 aromatic heterocycles. The third-order valence-electron chi connectivity index (χ3n) is 2.67. The van der Waals surface area contributed by atoms with Crippen LogP contribution < -0.4 is 11.1 Å². The average molecular weight is 299 g/mol. The summed E-state index contributed by atoms with van der Waals surface area (Å²) in [5, 5.41) is 2.86. The smallest absolute Gasteiger partial charge is 0.241 e. The lowest BCUT2D eigenvalue weighted by Gasteiger charge is -2.26. The summed E-state index contributed by atoms with van der Waals surface area (Å²) in [6, 6.07) is 5.24. The van der Waals surface area contributed by atoms with Crippen LogP contribution in [0.2, 0.25) is 0 Å². The zero-order valence-corrected chi connectivity index (χ0v) is 12.3. The van der Waals surface area contributed by atoms with Crippen molar-refractivity contribution >= 4 is 27.5 Å². The van der Waals surface area contributed by atoms with E-state index >= 15 is 0 Å². The molecule has 0 aliphatic heterocycles. The van der Waals surface area contributed by atoms with E-state index in [0.717, 1.165) is 15.7 Å². The largest absolute Gasteiger partial charge is 0.324 e. The number of benzene rings is 1. The molecule has 0 fully saturated rings. The Bertz CT molecular complexity index is 424. The highest BCUT2D eigenvalue weighted by Gasteiger charge is 2.27. The molecule has 94 valence electrons. The molecule has 0 radical (unpaired) electrons. The number of aryl methyl sites for hydroxylation is 1. The van der Waals surface area contributed by atoms with Gasteiger partial charge in [-0.25, -0.2) is 0 Å². The van der Waals surface area contributed by atoms with Crippen molar-refractivity contribution in [2.75, 3.05) is 5.32 Å². The van der Waals surface area contributed by atoms with E-state index in [1.807, 2.05) is 45.9 Å². The number of carbonyl (C=O) groups excluding carboxylic acids is 1. The van der Waals surface area contributed by atoms with Crippen molar-refractivity contribution in [2.24, 2.45) is 11.1 Å². The third kappa shape index (κ3) is 3.82. The van der Waals surface area contributed by atoms with Gasteiger partial charge in [0.05, 0.1) is 6.04 Å². The standard InChI is InChI=1S/C13H19BrN2O/c1-8-5-6-9(14)7-10(8)16-12(17)11(15)13(2,3)4/h5-7,11H,15H2,1-4H3,(H,16,17)/t11-/m0/s1. The van der Waals surface area contributed by atoms with Gasteiger partial charge in [-0.05, 0) is 30.0 Å². The van der Waals surface area contributed by atoms with E-state index in [4.69, 9.17) is 5.73 Å². The van der Waals surface area contributed by atoms with Gasteiger partial charge in [0.1, 0.15) is 0 Å². The molecule has 0 saturated carbocycles. The number of amides is 1. The number of hydrogen-bond donors (Lipinski definition) is 2. The third-order valence-corrected chi connectivity index (χ3v) is 3.17. The summed E-state index contributed by atoms with van der Waals surface area (Å²) < 4.78 is 0.933. The van der Waals surface area contributed by atoms with Gasteiger partial charge in [0.15, 0.2) is 0 Å². The van der Waals surface area contributed by atoms with Crippen molar-refractivity contribution in [1.29, 1.82) is 0 Å². The highest BCUT2D eigenvalue weighted by atomic mass is 79.9. The Balaban J connectivity index is 2.85. The molecular formula is C13H19BrN2O. The molecular weight excluding hydrogens is 280 g/mol. The van der Waals surface area contributed by atoms with Crippen LogP contribution in [-0.4, -0.2) is 11.9 Å². The molecule has 4 heteroatoms. The predicted octanol–water partition coefficient (Wildman–Crippen LogP) is 3.07. The molecule has 1 rings (SSSR count). The van der Waals surface area contributed by atoms with Crippen LogP contribution in [0.3, 0.4) is 0 Å². The van der Waals surface area contributed by atoms with Gasteiger partial charge < -0.3 is 11.1 Å². The van der Waals surface area contributed by atoms with Gasteiger partial charge in [-0.1, -0.05) is 42.8 Å². The summed E-state index contributed by atoms with van der Waals surface area (Å²) >= 11 is 3.38. The van der Waals surface area contributed by atoms with Crippen molar-refractivity contribution in [3.05, 3.63) is 28.2 Å². The van der Waals surface area contributed by atoms with Crippen LogP contribution in [0, 0.1) is 12.3 Å². The van der Waals surface area contributed by atoms with Gasteiger partial charge in [0, 0.05) is 10.2 Å². The topological polar surface area (TPSA) is 55.1 Å². The molecule has 0 heterocycles. The lowest BCUT2D eigenvalue weighted by molar-refractivity contribution is -0.119. The molecule has 1 amide bonds. The second-order valence-corrected chi connectivity index (χ2v) is 6.21. The molecule has 0 bridgehead atoms. The van der Waals surface area contributed by atoms with Crippen LogP contribution in [0.4, 0.5) is 5.69 Å². The van der Waals surface area contributed by atoms with Crippen LogP contribution >= 0.6 is 15.9 Å². The molecule has 3 nitrogen and oxygen atoms in total. The van der Waals surface area contributed by atoms with E-state index in [0.29, 0.717) is 0 Å². The Labute approximate surface area is 111 Å². The summed E-state index contributed by atoms with van der Waals surface area (Å²) in [6.45, 7) is 7.80. The van der Waals surface area contributed by atoms with E-state index < -0.39 is 6.04 Å². The van der Waals surface area contributed by atoms with Crippen molar-refractivity contribution in [2.45, 2.75) is 33.7 Å². The second-order valence-electron chi connectivity index (χ2n) is 5.29. The number of anilines is 1. The SMILES string of the molecule is Cc1ccc(Br)cc1NC(=O)[C@H](N)C(C)(C)C. The molecule has 1 atom stereocenters. The minimum Gasteiger partial charge on any atom is -0.324 e. The van der Waals surface area contributed by atoms with Gasteiger partial charge in [-0.15, -0.1) is 0 Å². The number of hydrogen-bond acceptors (Lipinski definition) is 2. The highest BCUT2D eigenvalue weighted by Crippen LogP contribution is 2.23. The van der Waals surface area contributed by atoms with Crippen molar-refractivity contribution < 1.29 is 4.79 Å². The predicted molar refractivity (Wildman–Crippen MR) is 74.9 cm³/mol. The van der Waals surface area contributed by atoms with Crippen molar-refractivity contribution in [3.8, 4) is 0 Å². The van der Waals surface area contributed by atoms with Crippen LogP contribution in [0.5, 0.6) is 0 Å². The minimum atomic E-state index is -0.527. The van der Waals surface area contributed by atoms with Crippen LogP contribution in [0.1, 0.15) is 26.3 Å². The van der Waals surface area contributed by atoms with E-state index in [2.05, 4.69) is 21.2 Å². The maximum atomic E-state index is 12.0. The first-order valence-corrected chi connectivity index (χ1v) is 6.33. The van der Waals surface area contributed by atoms with Crippen molar-refractivity contribution in [1.82, 2.24) is 0 Å². The number of carbonyl (C=O) groups is 1. The van der Waals surface area contributed by atoms with Gasteiger partial charge in [0.2, 0.25) is 5.91 Å². The molecule has 1 aromatic rings. The number of nitrogens with one attached hydrogen (secondary N) is 1. The maximum absolute atomic E-state index is 12.0. The van der Waals surface area contributed by atoms with E-state index in [-0.39, 0.29) is 11.3 Å². The fourth-order valence-corrected chi connectivity index (χ4v) is 1.69. The van der Waals surface area contributed by atoms with E-state index in [9.17, 15) is 4.79 Å². The first-order chi connectivity index (χ1) is 7.71. The van der Waals surface area contributed by atoms with E-state index in [1.54, 1.807) is 0 Å². The normalized spacial score (nSPS) is 13.3. The van der Waals surface area contributed by atoms with Gasteiger partial charge in [-0.3, -0.25) is 4.79 Å². The molecule has 0 aliphatic carbocycles.